The molecule has 37 heavy (non-hydrogen) atoms. The van der Waals surface area contributed by atoms with E-state index in [0.29, 0.717) is 35.2 Å². The zero-order valence-corrected chi connectivity index (χ0v) is 23.1. The number of amides is 2. The van der Waals surface area contributed by atoms with E-state index in [0.717, 1.165) is 11.1 Å². The molecular formula is C30H34Cl2N2O3. The van der Waals surface area contributed by atoms with Gasteiger partial charge in [0, 0.05) is 35.0 Å². The van der Waals surface area contributed by atoms with E-state index in [9.17, 15) is 9.59 Å². The molecule has 3 rings (SSSR count). The van der Waals surface area contributed by atoms with Crippen LogP contribution in [0.3, 0.4) is 0 Å². The molecule has 5 nitrogen and oxygen atoms in total. The third kappa shape index (κ3) is 9.42. The van der Waals surface area contributed by atoms with Gasteiger partial charge in [-0.15, -0.1) is 0 Å². The van der Waals surface area contributed by atoms with Gasteiger partial charge in [-0.05, 0) is 68.7 Å². The fourth-order valence-electron chi connectivity index (χ4n) is 3.90. The Morgan fingerprint density at radius 3 is 2.22 bits per heavy atom. The summed E-state index contributed by atoms with van der Waals surface area (Å²) in [6.07, 6.45) is 1.12. The molecule has 196 valence electrons. The zero-order valence-electron chi connectivity index (χ0n) is 21.5. The van der Waals surface area contributed by atoms with Gasteiger partial charge in [-0.1, -0.05) is 71.7 Å². The van der Waals surface area contributed by atoms with Crippen molar-refractivity contribution in [3.63, 3.8) is 0 Å². The first-order chi connectivity index (χ1) is 17.6. The summed E-state index contributed by atoms with van der Waals surface area (Å²) in [5.41, 5.74) is 1.31. The second-order valence-electron chi connectivity index (χ2n) is 9.96. The summed E-state index contributed by atoms with van der Waals surface area (Å²) >= 11 is 12.4. The topological polar surface area (TPSA) is 58.6 Å². The Balaban J connectivity index is 1.81. The van der Waals surface area contributed by atoms with Crippen molar-refractivity contribution in [2.45, 2.75) is 58.2 Å². The summed E-state index contributed by atoms with van der Waals surface area (Å²) in [6.45, 7) is 6.38. The molecule has 0 heterocycles. The molecule has 0 saturated heterocycles. The Morgan fingerprint density at radius 2 is 1.57 bits per heavy atom. The van der Waals surface area contributed by atoms with Crippen LogP contribution in [0.15, 0.2) is 78.9 Å². The van der Waals surface area contributed by atoms with Crippen molar-refractivity contribution in [2.24, 2.45) is 0 Å². The predicted molar refractivity (Wildman–Crippen MR) is 150 cm³/mol. The summed E-state index contributed by atoms with van der Waals surface area (Å²) in [7, 11) is 0. The van der Waals surface area contributed by atoms with Crippen LogP contribution < -0.4 is 10.1 Å². The maximum absolute atomic E-state index is 13.6. The number of hydrogen-bond donors (Lipinski definition) is 1. The minimum absolute atomic E-state index is 0.135. The van der Waals surface area contributed by atoms with Crippen LogP contribution in [0.2, 0.25) is 10.0 Å². The van der Waals surface area contributed by atoms with Crippen LogP contribution in [0.1, 0.15) is 44.7 Å². The van der Waals surface area contributed by atoms with Crippen molar-refractivity contribution in [3.05, 3.63) is 100 Å². The molecule has 0 fully saturated rings. The van der Waals surface area contributed by atoms with E-state index in [-0.39, 0.29) is 24.8 Å². The Morgan fingerprint density at radius 1 is 0.919 bits per heavy atom. The number of nitrogens with one attached hydrogen (secondary N) is 1. The zero-order chi connectivity index (χ0) is 26.8. The van der Waals surface area contributed by atoms with Gasteiger partial charge in [0.05, 0.1) is 6.61 Å². The summed E-state index contributed by atoms with van der Waals surface area (Å²) < 4.78 is 5.77. The van der Waals surface area contributed by atoms with Crippen molar-refractivity contribution in [1.82, 2.24) is 10.2 Å². The quantitative estimate of drug-likeness (QED) is 0.275. The van der Waals surface area contributed by atoms with Crippen LogP contribution in [-0.2, 0) is 22.6 Å². The second-order valence-corrected chi connectivity index (χ2v) is 10.8. The number of hydrogen-bond acceptors (Lipinski definition) is 3. The van der Waals surface area contributed by atoms with Crippen molar-refractivity contribution in [3.8, 4) is 5.75 Å². The van der Waals surface area contributed by atoms with Gasteiger partial charge in [0.1, 0.15) is 11.8 Å². The molecule has 1 N–H and O–H groups in total. The average Bonchev–Trinajstić information content (AvgIpc) is 2.85. The number of carbonyl (C=O) groups is 2. The predicted octanol–water partition coefficient (Wildman–Crippen LogP) is 6.71. The van der Waals surface area contributed by atoms with Gasteiger partial charge in [0.2, 0.25) is 11.8 Å². The molecule has 0 bridgehead atoms. The fraction of sp³-hybridized carbons (Fsp3) is 0.333. The Labute approximate surface area is 229 Å². The van der Waals surface area contributed by atoms with Gasteiger partial charge in [-0.2, -0.15) is 0 Å². The minimum Gasteiger partial charge on any atom is -0.494 e. The number of ether oxygens (including phenoxy) is 1. The molecule has 0 aliphatic carbocycles. The number of benzene rings is 3. The smallest absolute Gasteiger partial charge is 0.243 e. The SMILES string of the molecule is CC(C)(C)NC(=O)C(Cc1ccccc1)N(Cc1ccccc1Cl)C(=O)CCCOc1ccc(Cl)cc1. The largest absolute Gasteiger partial charge is 0.494 e. The van der Waals surface area contributed by atoms with E-state index >= 15 is 0 Å². The lowest BCUT2D eigenvalue weighted by atomic mass is 10.00. The Bertz CT molecular complexity index is 1160. The van der Waals surface area contributed by atoms with E-state index in [2.05, 4.69) is 5.32 Å². The van der Waals surface area contributed by atoms with Gasteiger partial charge >= 0.3 is 0 Å². The molecule has 0 aliphatic heterocycles. The fourth-order valence-corrected chi connectivity index (χ4v) is 4.23. The van der Waals surface area contributed by atoms with Crippen LogP contribution in [-0.4, -0.2) is 34.9 Å². The van der Waals surface area contributed by atoms with Crippen LogP contribution >= 0.6 is 23.2 Å². The number of carbonyl (C=O) groups excluding carboxylic acids is 2. The van der Waals surface area contributed by atoms with Gasteiger partial charge in [-0.3, -0.25) is 9.59 Å². The molecular weight excluding hydrogens is 507 g/mol. The minimum atomic E-state index is -0.706. The highest BCUT2D eigenvalue weighted by molar-refractivity contribution is 6.31. The molecule has 2 amide bonds. The summed E-state index contributed by atoms with van der Waals surface area (Å²) in [5.74, 6) is 0.357. The van der Waals surface area contributed by atoms with Crippen molar-refractivity contribution >= 4 is 35.0 Å². The maximum Gasteiger partial charge on any atom is 0.243 e. The summed E-state index contributed by atoms with van der Waals surface area (Å²) in [5, 5.41) is 4.26. The monoisotopic (exact) mass is 540 g/mol. The van der Waals surface area contributed by atoms with Gasteiger partial charge in [0.15, 0.2) is 0 Å². The molecule has 0 radical (unpaired) electrons. The Hall–Kier alpha value is -3.02. The normalized spacial score (nSPS) is 12.0. The van der Waals surface area contributed by atoms with Crippen molar-refractivity contribution in [2.75, 3.05) is 6.61 Å². The Kier molecular flexibility index (Phi) is 10.4. The van der Waals surface area contributed by atoms with E-state index in [4.69, 9.17) is 27.9 Å². The number of nitrogens with zero attached hydrogens (tertiary/aromatic N) is 1. The van der Waals surface area contributed by atoms with E-state index in [1.807, 2.05) is 69.3 Å². The van der Waals surface area contributed by atoms with Crippen LogP contribution in [0.25, 0.3) is 0 Å². The molecule has 0 aliphatic rings. The van der Waals surface area contributed by atoms with E-state index < -0.39 is 11.6 Å². The standard InChI is InChI=1S/C30H34Cl2N2O3/c1-30(2,3)33-29(36)27(20-22-10-5-4-6-11-22)34(21-23-12-7-8-13-26(23)32)28(35)14-9-19-37-25-17-15-24(31)16-18-25/h4-8,10-13,15-18,27H,9,14,19-21H2,1-3H3,(H,33,36). The van der Waals surface area contributed by atoms with Crippen LogP contribution in [0.4, 0.5) is 0 Å². The molecule has 1 unspecified atom stereocenters. The van der Waals surface area contributed by atoms with Gasteiger partial charge in [0.25, 0.3) is 0 Å². The molecule has 7 heteroatoms. The third-order valence-electron chi connectivity index (χ3n) is 5.69. The first-order valence-electron chi connectivity index (χ1n) is 12.4. The first-order valence-corrected chi connectivity index (χ1v) is 13.1. The van der Waals surface area contributed by atoms with Crippen molar-refractivity contribution in [1.29, 1.82) is 0 Å². The van der Waals surface area contributed by atoms with Gasteiger partial charge in [-0.25, -0.2) is 0 Å². The number of halogens is 2. The molecule has 0 aromatic heterocycles. The highest BCUT2D eigenvalue weighted by atomic mass is 35.5. The van der Waals surface area contributed by atoms with Crippen LogP contribution in [0, 0.1) is 0 Å². The molecule has 0 saturated carbocycles. The first kappa shape index (κ1) is 28.5. The lowest BCUT2D eigenvalue weighted by Gasteiger charge is -2.34. The highest BCUT2D eigenvalue weighted by Crippen LogP contribution is 2.22. The third-order valence-corrected chi connectivity index (χ3v) is 6.31. The van der Waals surface area contributed by atoms with E-state index in [1.165, 1.54) is 0 Å². The lowest BCUT2D eigenvalue weighted by molar-refractivity contribution is -0.142. The van der Waals surface area contributed by atoms with E-state index in [1.54, 1.807) is 35.2 Å². The molecule has 1 atom stereocenters. The van der Waals surface area contributed by atoms with Gasteiger partial charge < -0.3 is 15.0 Å². The maximum atomic E-state index is 13.6. The van der Waals surface area contributed by atoms with Crippen molar-refractivity contribution < 1.29 is 14.3 Å². The molecule has 3 aromatic rings. The highest BCUT2D eigenvalue weighted by Gasteiger charge is 2.32. The molecule has 3 aromatic carbocycles. The lowest BCUT2D eigenvalue weighted by Crippen LogP contribution is -2.54. The number of rotatable bonds is 11. The molecule has 0 spiro atoms. The summed E-state index contributed by atoms with van der Waals surface area (Å²) in [4.78, 5) is 28.9. The average molecular weight is 542 g/mol. The summed E-state index contributed by atoms with van der Waals surface area (Å²) in [6, 6.07) is 23.5. The second kappa shape index (κ2) is 13.5. The van der Waals surface area contributed by atoms with Crippen LogP contribution in [0.5, 0.6) is 5.75 Å².